The normalized spacial score (nSPS) is 18.4. The maximum atomic E-state index is 11.0. The Kier molecular flexibility index (Phi) is 4.07. The van der Waals surface area contributed by atoms with E-state index in [1.807, 2.05) is 6.07 Å². The molecule has 0 saturated heterocycles. The molecule has 0 spiro atoms. The molecule has 1 unspecified atom stereocenters. The van der Waals surface area contributed by atoms with Gasteiger partial charge in [-0.1, -0.05) is 28.1 Å². The molecule has 0 bridgehead atoms. The van der Waals surface area contributed by atoms with Gasteiger partial charge in [0.05, 0.1) is 6.54 Å². The lowest BCUT2D eigenvalue weighted by atomic mass is 10.1. The maximum Gasteiger partial charge on any atom is 0.317 e. The first kappa shape index (κ1) is 13.6. The van der Waals surface area contributed by atoms with E-state index in [1.165, 1.54) is 11.1 Å². The van der Waals surface area contributed by atoms with Crippen LogP contribution in [0.3, 0.4) is 0 Å². The minimum absolute atomic E-state index is 0.105. The molecule has 3 nitrogen and oxygen atoms in total. The molecule has 0 radical (unpaired) electrons. The lowest BCUT2D eigenvalue weighted by molar-refractivity contribution is -0.139. The SMILES string of the molecule is CC(C)N(CC(=O)O)C1CCc2c(Br)cccc21. The van der Waals surface area contributed by atoms with Crippen molar-refractivity contribution in [2.24, 2.45) is 0 Å². The lowest BCUT2D eigenvalue weighted by Crippen LogP contribution is -2.38. The van der Waals surface area contributed by atoms with E-state index in [-0.39, 0.29) is 18.6 Å². The second-order valence-electron chi connectivity index (χ2n) is 5.02. The van der Waals surface area contributed by atoms with Crippen LogP contribution >= 0.6 is 15.9 Å². The van der Waals surface area contributed by atoms with Gasteiger partial charge in [-0.05, 0) is 43.9 Å². The van der Waals surface area contributed by atoms with E-state index in [0.717, 1.165) is 17.3 Å². The first-order valence-corrected chi connectivity index (χ1v) is 7.05. The molecule has 2 rings (SSSR count). The zero-order valence-electron chi connectivity index (χ0n) is 10.7. The van der Waals surface area contributed by atoms with Crippen LogP contribution in [0.4, 0.5) is 0 Å². The van der Waals surface area contributed by atoms with Crippen LogP contribution < -0.4 is 0 Å². The van der Waals surface area contributed by atoms with Gasteiger partial charge < -0.3 is 5.11 Å². The zero-order valence-corrected chi connectivity index (χ0v) is 12.3. The molecule has 0 fully saturated rings. The highest BCUT2D eigenvalue weighted by Crippen LogP contribution is 2.39. The summed E-state index contributed by atoms with van der Waals surface area (Å²) in [5.74, 6) is -0.757. The highest BCUT2D eigenvalue weighted by atomic mass is 79.9. The maximum absolute atomic E-state index is 11.0. The molecule has 0 aromatic heterocycles. The predicted octanol–water partition coefficient (Wildman–Crippen LogP) is 3.23. The van der Waals surface area contributed by atoms with Gasteiger partial charge >= 0.3 is 5.97 Å². The molecular formula is C14H18BrNO2. The van der Waals surface area contributed by atoms with Gasteiger partial charge in [0.25, 0.3) is 0 Å². The summed E-state index contributed by atoms with van der Waals surface area (Å²) in [5.41, 5.74) is 2.61. The minimum atomic E-state index is -0.757. The fourth-order valence-corrected chi connectivity index (χ4v) is 3.32. The van der Waals surface area contributed by atoms with Crippen LogP contribution in [0.5, 0.6) is 0 Å². The average molecular weight is 312 g/mol. The van der Waals surface area contributed by atoms with Gasteiger partial charge in [0.1, 0.15) is 0 Å². The van der Waals surface area contributed by atoms with Gasteiger partial charge in [0, 0.05) is 16.6 Å². The van der Waals surface area contributed by atoms with Crippen LogP contribution in [-0.2, 0) is 11.2 Å². The summed E-state index contributed by atoms with van der Waals surface area (Å²) in [7, 11) is 0. The largest absolute Gasteiger partial charge is 0.480 e. The van der Waals surface area contributed by atoms with Crippen LogP contribution in [0, 0.1) is 0 Å². The molecule has 18 heavy (non-hydrogen) atoms. The third kappa shape index (κ3) is 2.59. The third-order valence-corrected chi connectivity index (χ3v) is 4.31. The van der Waals surface area contributed by atoms with Crippen LogP contribution in [-0.4, -0.2) is 28.6 Å². The summed E-state index contributed by atoms with van der Waals surface area (Å²) in [6, 6.07) is 6.66. The second-order valence-corrected chi connectivity index (χ2v) is 5.88. The Hall–Kier alpha value is -0.870. The number of carboxylic acid groups (broad SMARTS) is 1. The summed E-state index contributed by atoms with van der Waals surface area (Å²) in [5, 5.41) is 9.04. The first-order chi connectivity index (χ1) is 8.50. The Morgan fingerprint density at radius 3 is 2.89 bits per heavy atom. The molecule has 1 atom stereocenters. The zero-order chi connectivity index (χ0) is 13.3. The van der Waals surface area contributed by atoms with E-state index >= 15 is 0 Å². The van der Waals surface area contributed by atoms with Gasteiger partial charge in [0.2, 0.25) is 0 Å². The predicted molar refractivity (Wildman–Crippen MR) is 74.7 cm³/mol. The van der Waals surface area contributed by atoms with Crippen LogP contribution in [0.2, 0.25) is 0 Å². The Morgan fingerprint density at radius 1 is 1.56 bits per heavy atom. The van der Waals surface area contributed by atoms with Crippen molar-refractivity contribution >= 4 is 21.9 Å². The number of halogens is 1. The molecule has 1 aromatic rings. The van der Waals surface area contributed by atoms with Crippen molar-refractivity contribution in [2.75, 3.05) is 6.54 Å². The Balaban J connectivity index is 2.30. The standard InChI is InChI=1S/C14H18BrNO2/c1-9(2)16(8-14(17)18)13-7-6-10-11(13)4-3-5-12(10)15/h3-5,9,13H,6-8H2,1-2H3,(H,17,18). The van der Waals surface area contributed by atoms with Gasteiger partial charge in [-0.2, -0.15) is 0 Å². The summed E-state index contributed by atoms with van der Waals surface area (Å²) >= 11 is 3.58. The minimum Gasteiger partial charge on any atom is -0.480 e. The summed E-state index contributed by atoms with van der Waals surface area (Å²) in [6.07, 6.45) is 2.02. The Morgan fingerprint density at radius 2 is 2.28 bits per heavy atom. The molecule has 98 valence electrons. The van der Waals surface area contributed by atoms with E-state index in [1.54, 1.807) is 0 Å². The molecule has 1 aromatic carbocycles. The van der Waals surface area contributed by atoms with Crippen molar-refractivity contribution in [3.8, 4) is 0 Å². The van der Waals surface area contributed by atoms with E-state index in [0.29, 0.717) is 0 Å². The number of rotatable bonds is 4. The van der Waals surface area contributed by atoms with Gasteiger partial charge in [-0.15, -0.1) is 0 Å². The second kappa shape index (κ2) is 5.41. The third-order valence-electron chi connectivity index (χ3n) is 3.56. The number of carboxylic acids is 1. The first-order valence-electron chi connectivity index (χ1n) is 6.25. The topological polar surface area (TPSA) is 40.5 Å². The monoisotopic (exact) mass is 311 g/mol. The van der Waals surface area contributed by atoms with Crippen LogP contribution in [0.1, 0.15) is 37.4 Å². The number of hydrogen-bond donors (Lipinski definition) is 1. The molecule has 1 N–H and O–H groups in total. The fourth-order valence-electron chi connectivity index (χ4n) is 2.74. The summed E-state index contributed by atoms with van der Waals surface area (Å²) in [6.45, 7) is 4.21. The van der Waals surface area contributed by atoms with E-state index < -0.39 is 5.97 Å². The van der Waals surface area contributed by atoms with E-state index in [9.17, 15) is 4.79 Å². The lowest BCUT2D eigenvalue weighted by Gasteiger charge is -2.31. The van der Waals surface area contributed by atoms with Gasteiger partial charge in [0.15, 0.2) is 0 Å². The molecule has 4 heteroatoms. The molecule has 1 aliphatic rings. The van der Waals surface area contributed by atoms with Crippen LogP contribution in [0.15, 0.2) is 22.7 Å². The Bertz CT molecular complexity index is 459. The van der Waals surface area contributed by atoms with Crippen LogP contribution in [0.25, 0.3) is 0 Å². The molecule has 0 saturated carbocycles. The van der Waals surface area contributed by atoms with Crippen molar-refractivity contribution in [1.29, 1.82) is 0 Å². The quantitative estimate of drug-likeness (QED) is 0.928. The highest BCUT2D eigenvalue weighted by molar-refractivity contribution is 9.10. The number of nitrogens with zero attached hydrogens (tertiary/aromatic N) is 1. The van der Waals surface area contributed by atoms with Gasteiger partial charge in [-0.3, -0.25) is 9.69 Å². The summed E-state index contributed by atoms with van der Waals surface area (Å²) < 4.78 is 1.14. The number of hydrogen-bond acceptors (Lipinski definition) is 2. The fraction of sp³-hybridized carbons (Fsp3) is 0.500. The van der Waals surface area contributed by atoms with Crippen molar-refractivity contribution in [3.05, 3.63) is 33.8 Å². The molecule has 0 heterocycles. The van der Waals surface area contributed by atoms with E-state index in [2.05, 4.69) is 46.8 Å². The number of carbonyl (C=O) groups is 1. The number of benzene rings is 1. The highest BCUT2D eigenvalue weighted by Gasteiger charge is 2.31. The molecule has 0 aliphatic heterocycles. The molecule has 1 aliphatic carbocycles. The van der Waals surface area contributed by atoms with Crippen molar-refractivity contribution in [1.82, 2.24) is 4.90 Å². The molecular weight excluding hydrogens is 294 g/mol. The van der Waals surface area contributed by atoms with Gasteiger partial charge in [-0.25, -0.2) is 0 Å². The van der Waals surface area contributed by atoms with Crippen molar-refractivity contribution in [3.63, 3.8) is 0 Å². The smallest absolute Gasteiger partial charge is 0.317 e. The van der Waals surface area contributed by atoms with E-state index in [4.69, 9.17) is 5.11 Å². The molecule has 0 amide bonds. The average Bonchev–Trinajstić information content (AvgIpc) is 2.70. The number of fused-ring (bicyclic) bond motifs is 1. The van der Waals surface area contributed by atoms with Crippen molar-refractivity contribution in [2.45, 2.75) is 38.8 Å². The number of aliphatic carboxylic acids is 1. The Labute approximate surface area is 116 Å². The van der Waals surface area contributed by atoms with Crippen molar-refractivity contribution < 1.29 is 9.90 Å². The summed E-state index contributed by atoms with van der Waals surface area (Å²) in [4.78, 5) is 13.1.